The molecule has 0 aromatic rings. The number of amides is 1. The number of rotatable bonds is 2. The van der Waals surface area contributed by atoms with Crippen LogP contribution in [0.25, 0.3) is 0 Å². The smallest absolute Gasteiger partial charge is 0.312 e. The summed E-state index contributed by atoms with van der Waals surface area (Å²) in [6, 6.07) is 0.330. The number of fused-ring (bicyclic) bond motifs is 1. The Bertz CT molecular complexity index is 496. The van der Waals surface area contributed by atoms with E-state index in [0.29, 0.717) is 12.6 Å². The molecule has 4 atom stereocenters. The summed E-state index contributed by atoms with van der Waals surface area (Å²) in [5, 5.41) is 0. The van der Waals surface area contributed by atoms with Gasteiger partial charge in [-0.3, -0.25) is 9.59 Å². The van der Waals surface area contributed by atoms with E-state index in [2.05, 4.69) is 0 Å². The number of carbonyl (C=O) groups excluding carboxylic acids is 2. The van der Waals surface area contributed by atoms with Gasteiger partial charge in [0.1, 0.15) is 11.5 Å². The van der Waals surface area contributed by atoms with E-state index in [-0.39, 0.29) is 23.9 Å². The molecule has 108 valence electrons. The highest BCUT2D eigenvalue weighted by Crippen LogP contribution is 2.53. The lowest BCUT2D eigenvalue weighted by molar-refractivity contribution is -0.151. The molecular weight excluding hydrogens is 258 g/mol. The molecule has 1 unspecified atom stereocenters. The predicted octanol–water partition coefficient (Wildman–Crippen LogP) is 0.884. The highest BCUT2D eigenvalue weighted by Gasteiger charge is 2.67. The molecule has 3 aliphatic heterocycles. The van der Waals surface area contributed by atoms with Crippen LogP contribution >= 0.6 is 0 Å². The maximum absolute atomic E-state index is 12.8. The molecule has 0 N–H and O–H groups in total. The van der Waals surface area contributed by atoms with E-state index in [1.807, 2.05) is 17.1 Å². The topological polar surface area (TPSA) is 55.8 Å². The molecule has 0 aromatic heterocycles. The number of methoxy groups -OCH3 is 1. The van der Waals surface area contributed by atoms with E-state index in [9.17, 15) is 9.59 Å². The van der Waals surface area contributed by atoms with Gasteiger partial charge >= 0.3 is 5.97 Å². The van der Waals surface area contributed by atoms with Crippen LogP contribution in [0.2, 0.25) is 0 Å². The van der Waals surface area contributed by atoms with Gasteiger partial charge in [-0.05, 0) is 12.8 Å². The van der Waals surface area contributed by atoms with Crippen LogP contribution in [0.5, 0.6) is 0 Å². The van der Waals surface area contributed by atoms with E-state index >= 15 is 0 Å². The van der Waals surface area contributed by atoms with Crippen molar-refractivity contribution in [3.05, 3.63) is 12.2 Å². The largest absolute Gasteiger partial charge is 0.469 e. The minimum absolute atomic E-state index is 0.0825. The Morgan fingerprint density at radius 2 is 2.20 bits per heavy atom. The third kappa shape index (κ3) is 1.41. The average Bonchev–Trinajstić information content (AvgIpc) is 3.18. The van der Waals surface area contributed by atoms with Crippen LogP contribution in [0.1, 0.15) is 25.7 Å². The first-order valence-electron chi connectivity index (χ1n) is 7.42. The van der Waals surface area contributed by atoms with E-state index in [0.717, 1.165) is 12.8 Å². The molecule has 3 fully saturated rings. The maximum atomic E-state index is 12.8. The third-order valence-electron chi connectivity index (χ3n) is 5.37. The summed E-state index contributed by atoms with van der Waals surface area (Å²) >= 11 is 0. The van der Waals surface area contributed by atoms with Gasteiger partial charge in [0.25, 0.3) is 0 Å². The highest BCUT2D eigenvalue weighted by atomic mass is 16.5. The average molecular weight is 277 g/mol. The summed E-state index contributed by atoms with van der Waals surface area (Å²) < 4.78 is 10.9. The number of esters is 1. The second-order valence-electron chi connectivity index (χ2n) is 6.33. The Kier molecular flexibility index (Phi) is 2.52. The minimum Gasteiger partial charge on any atom is -0.469 e. The van der Waals surface area contributed by atoms with Gasteiger partial charge in [0.15, 0.2) is 0 Å². The van der Waals surface area contributed by atoms with Crippen LogP contribution in [0.3, 0.4) is 0 Å². The van der Waals surface area contributed by atoms with Crippen molar-refractivity contribution >= 4 is 11.9 Å². The summed E-state index contributed by atoms with van der Waals surface area (Å²) in [6.45, 7) is 0.599. The molecule has 2 bridgehead atoms. The van der Waals surface area contributed by atoms with Crippen molar-refractivity contribution in [2.24, 2.45) is 11.8 Å². The van der Waals surface area contributed by atoms with Crippen molar-refractivity contribution in [1.29, 1.82) is 0 Å². The molecule has 1 saturated carbocycles. The van der Waals surface area contributed by atoms with Crippen molar-refractivity contribution < 1.29 is 19.1 Å². The molecule has 0 radical (unpaired) electrons. The fourth-order valence-corrected chi connectivity index (χ4v) is 4.46. The number of nitrogens with zero attached hydrogens (tertiary/aromatic N) is 1. The second-order valence-corrected chi connectivity index (χ2v) is 6.33. The van der Waals surface area contributed by atoms with Gasteiger partial charge in [-0.1, -0.05) is 25.0 Å². The lowest BCUT2D eigenvalue weighted by Gasteiger charge is -2.26. The summed E-state index contributed by atoms with van der Waals surface area (Å²) in [6.07, 6.45) is 8.15. The zero-order valence-electron chi connectivity index (χ0n) is 11.6. The summed E-state index contributed by atoms with van der Waals surface area (Å²) in [7, 11) is 1.37. The molecule has 20 heavy (non-hydrogen) atoms. The van der Waals surface area contributed by atoms with Crippen molar-refractivity contribution in [3.8, 4) is 0 Å². The first kappa shape index (κ1) is 12.4. The quantitative estimate of drug-likeness (QED) is 0.555. The van der Waals surface area contributed by atoms with Crippen LogP contribution in [-0.2, 0) is 19.1 Å². The van der Waals surface area contributed by atoms with Crippen LogP contribution in [0.4, 0.5) is 0 Å². The van der Waals surface area contributed by atoms with Gasteiger partial charge in [0, 0.05) is 6.04 Å². The van der Waals surface area contributed by atoms with Crippen molar-refractivity contribution in [1.82, 2.24) is 4.90 Å². The van der Waals surface area contributed by atoms with E-state index < -0.39 is 11.5 Å². The zero-order chi connectivity index (χ0) is 13.9. The Hall–Kier alpha value is -1.36. The van der Waals surface area contributed by atoms with Crippen LogP contribution in [0.15, 0.2) is 12.2 Å². The number of likely N-dealkylation sites (tertiary alicyclic amines) is 1. The minimum atomic E-state index is -0.580. The number of ether oxygens (including phenoxy) is 2. The van der Waals surface area contributed by atoms with Crippen LogP contribution in [0, 0.1) is 11.8 Å². The summed E-state index contributed by atoms with van der Waals surface area (Å²) in [4.78, 5) is 26.8. The molecule has 5 nitrogen and oxygen atoms in total. The lowest BCUT2D eigenvalue weighted by atomic mass is 9.77. The maximum Gasteiger partial charge on any atom is 0.312 e. The molecule has 4 aliphatic rings. The summed E-state index contributed by atoms with van der Waals surface area (Å²) in [5.41, 5.74) is -0.580. The molecule has 1 amide bonds. The predicted molar refractivity (Wildman–Crippen MR) is 69.7 cm³/mol. The molecule has 0 aromatic carbocycles. The van der Waals surface area contributed by atoms with Crippen molar-refractivity contribution in [3.63, 3.8) is 0 Å². The molecule has 4 rings (SSSR count). The molecule has 1 spiro atoms. The Balaban J connectivity index is 1.67. The zero-order valence-corrected chi connectivity index (χ0v) is 11.6. The van der Waals surface area contributed by atoms with Gasteiger partial charge in [-0.25, -0.2) is 0 Å². The van der Waals surface area contributed by atoms with Crippen molar-refractivity contribution in [2.75, 3.05) is 13.7 Å². The molecule has 5 heteroatoms. The highest BCUT2D eigenvalue weighted by molar-refractivity contribution is 5.91. The van der Waals surface area contributed by atoms with Gasteiger partial charge in [-0.15, -0.1) is 0 Å². The fraction of sp³-hybridized carbons (Fsp3) is 0.733. The second kappa shape index (κ2) is 4.07. The van der Waals surface area contributed by atoms with Gasteiger partial charge in [0.2, 0.25) is 5.91 Å². The Labute approximate surface area is 117 Å². The fourth-order valence-electron chi connectivity index (χ4n) is 4.46. The van der Waals surface area contributed by atoms with Crippen LogP contribution in [-0.4, -0.2) is 48.2 Å². The Morgan fingerprint density at radius 3 is 2.90 bits per heavy atom. The van der Waals surface area contributed by atoms with Crippen molar-refractivity contribution in [2.45, 2.75) is 43.4 Å². The van der Waals surface area contributed by atoms with Crippen LogP contribution < -0.4 is 0 Å². The van der Waals surface area contributed by atoms with E-state index in [4.69, 9.17) is 9.47 Å². The third-order valence-corrected chi connectivity index (χ3v) is 5.37. The van der Waals surface area contributed by atoms with Gasteiger partial charge in [0.05, 0.1) is 25.7 Å². The Morgan fingerprint density at radius 1 is 1.45 bits per heavy atom. The SMILES string of the molecule is COC(=O)C1[C@H]2C(=O)N(C3CCCC3)C[C@]23C=C[C@H]1O3. The first-order chi connectivity index (χ1) is 9.66. The monoisotopic (exact) mass is 277 g/mol. The molecule has 3 heterocycles. The lowest BCUT2D eigenvalue weighted by Crippen LogP contribution is -2.40. The number of carbonyl (C=O) groups is 2. The van der Waals surface area contributed by atoms with E-state index in [1.54, 1.807) is 0 Å². The van der Waals surface area contributed by atoms with Gasteiger partial charge < -0.3 is 14.4 Å². The first-order valence-corrected chi connectivity index (χ1v) is 7.42. The number of hydrogen-bond donors (Lipinski definition) is 0. The van der Waals surface area contributed by atoms with Gasteiger partial charge in [-0.2, -0.15) is 0 Å². The molecule has 1 aliphatic carbocycles. The molecular formula is C15H19NO4. The normalized spacial score (nSPS) is 42.5. The molecule has 2 saturated heterocycles. The standard InChI is InChI=1S/C15H19NO4/c1-19-14(18)11-10-6-7-15(20-10)8-16(13(17)12(11)15)9-4-2-3-5-9/h6-7,9-12H,2-5,8H2,1H3/t10-,11?,12+,15-/m1/s1. The van der Waals surface area contributed by atoms with E-state index in [1.165, 1.54) is 20.0 Å². The summed E-state index contributed by atoms with van der Waals surface area (Å²) in [5.74, 6) is -1.10. The number of hydrogen-bond acceptors (Lipinski definition) is 4.